The van der Waals surface area contributed by atoms with Crippen LogP contribution in [-0.2, 0) is 9.59 Å². The van der Waals surface area contributed by atoms with Crippen LogP contribution in [0.5, 0.6) is 11.5 Å². The van der Waals surface area contributed by atoms with Crippen LogP contribution in [0.25, 0.3) is 0 Å². The van der Waals surface area contributed by atoms with Gasteiger partial charge in [0.05, 0.1) is 6.61 Å². The molecule has 0 spiro atoms. The van der Waals surface area contributed by atoms with E-state index in [9.17, 15) is 14.7 Å². The molecular weight excluding hydrogens is 364 g/mol. The molecule has 0 bridgehead atoms. The number of ether oxygens (including phenoxy) is 1. The maximum Gasteiger partial charge on any atom is 0.238 e. The van der Waals surface area contributed by atoms with Crippen molar-refractivity contribution in [2.24, 2.45) is 0 Å². The molecule has 7 heteroatoms. The molecule has 0 unspecified atom stereocenters. The number of hydrogen-bond donors (Lipinski definition) is 3. The first-order valence-electron chi connectivity index (χ1n) is 9.74. The van der Waals surface area contributed by atoms with Gasteiger partial charge in [-0.1, -0.05) is 19.3 Å². The number of aromatic hydroxyl groups is 1. The van der Waals surface area contributed by atoms with E-state index >= 15 is 0 Å². The standard InChI is InChI=1S/C20H30N2O4S/c23-16-10-12-17(13-11-16)26-14-4-8-19(24)21-22-20(25)9-5-15-27-18-6-2-1-3-7-18/h10-13,18,23H,1-9,14-15H2,(H,21,24)(H,22,25). The SMILES string of the molecule is O=C(CCCOc1ccc(O)cc1)NNC(=O)CCCSC1CCCCC1. The van der Waals surface area contributed by atoms with E-state index in [1.807, 2.05) is 11.8 Å². The molecule has 1 aliphatic rings. The minimum Gasteiger partial charge on any atom is -0.508 e. The fourth-order valence-corrected chi connectivity index (χ4v) is 4.26. The number of amides is 2. The highest BCUT2D eigenvalue weighted by molar-refractivity contribution is 7.99. The summed E-state index contributed by atoms with van der Waals surface area (Å²) in [6, 6.07) is 6.43. The van der Waals surface area contributed by atoms with E-state index in [1.54, 1.807) is 24.3 Å². The maximum atomic E-state index is 11.8. The molecular formula is C20H30N2O4S. The van der Waals surface area contributed by atoms with Crippen LogP contribution in [0, 0.1) is 0 Å². The van der Waals surface area contributed by atoms with Crippen LogP contribution >= 0.6 is 11.8 Å². The first-order chi connectivity index (χ1) is 13.1. The molecule has 1 aliphatic carbocycles. The number of carbonyl (C=O) groups excluding carboxylic acids is 2. The van der Waals surface area contributed by atoms with Crippen molar-refractivity contribution in [2.75, 3.05) is 12.4 Å². The van der Waals surface area contributed by atoms with Crippen LogP contribution in [0.4, 0.5) is 0 Å². The lowest BCUT2D eigenvalue weighted by atomic mass is 10.0. The topological polar surface area (TPSA) is 87.7 Å². The molecule has 0 radical (unpaired) electrons. The summed E-state index contributed by atoms with van der Waals surface area (Å²) in [6.45, 7) is 0.393. The fraction of sp³-hybridized carbons (Fsp3) is 0.600. The lowest BCUT2D eigenvalue weighted by Gasteiger charge is -2.20. The summed E-state index contributed by atoms with van der Waals surface area (Å²) in [5, 5.41) is 9.96. The Labute approximate surface area is 165 Å². The van der Waals surface area contributed by atoms with Crippen LogP contribution in [0.3, 0.4) is 0 Å². The Bertz CT molecular complexity index is 574. The molecule has 0 aromatic heterocycles. The molecule has 0 atom stereocenters. The molecule has 0 heterocycles. The quantitative estimate of drug-likeness (QED) is 0.417. The second kappa shape index (κ2) is 12.5. The second-order valence-electron chi connectivity index (χ2n) is 6.78. The van der Waals surface area contributed by atoms with E-state index in [0.717, 1.165) is 17.4 Å². The lowest BCUT2D eigenvalue weighted by Crippen LogP contribution is -2.41. The Morgan fingerprint density at radius 2 is 1.63 bits per heavy atom. The Hall–Kier alpha value is -1.89. The Kier molecular flexibility index (Phi) is 9.90. The zero-order chi connectivity index (χ0) is 19.3. The summed E-state index contributed by atoms with van der Waals surface area (Å²) in [7, 11) is 0. The Balaban J connectivity index is 1.44. The number of benzene rings is 1. The molecule has 2 rings (SSSR count). The molecule has 1 saturated carbocycles. The highest BCUT2D eigenvalue weighted by Gasteiger charge is 2.13. The summed E-state index contributed by atoms with van der Waals surface area (Å²) in [5.41, 5.74) is 4.91. The highest BCUT2D eigenvalue weighted by atomic mass is 32.2. The average Bonchev–Trinajstić information content (AvgIpc) is 2.69. The minimum atomic E-state index is -0.228. The van der Waals surface area contributed by atoms with E-state index in [0.29, 0.717) is 25.2 Å². The summed E-state index contributed by atoms with van der Waals surface area (Å²) in [4.78, 5) is 23.5. The molecule has 6 nitrogen and oxygen atoms in total. The van der Waals surface area contributed by atoms with Crippen molar-refractivity contribution < 1.29 is 19.4 Å². The minimum absolute atomic E-state index is 0.145. The van der Waals surface area contributed by atoms with Crippen molar-refractivity contribution in [3.8, 4) is 11.5 Å². The summed E-state index contributed by atoms with van der Waals surface area (Å²) >= 11 is 1.98. The maximum absolute atomic E-state index is 11.8. The number of hydrogen-bond acceptors (Lipinski definition) is 5. The zero-order valence-corrected chi connectivity index (χ0v) is 16.6. The number of nitrogens with one attached hydrogen (secondary N) is 2. The average molecular weight is 395 g/mol. The first-order valence-corrected chi connectivity index (χ1v) is 10.8. The van der Waals surface area contributed by atoms with E-state index in [4.69, 9.17) is 4.74 Å². The molecule has 2 amide bonds. The normalized spacial score (nSPS) is 14.5. The summed E-state index contributed by atoms with van der Waals surface area (Å²) in [6.07, 6.45) is 8.74. The Morgan fingerprint density at radius 1 is 1.00 bits per heavy atom. The van der Waals surface area contributed by atoms with Gasteiger partial charge in [-0.2, -0.15) is 11.8 Å². The van der Waals surface area contributed by atoms with Gasteiger partial charge in [0.2, 0.25) is 11.8 Å². The molecule has 1 fully saturated rings. The molecule has 0 saturated heterocycles. The first kappa shape index (κ1) is 21.4. The van der Waals surface area contributed by atoms with E-state index in [2.05, 4.69) is 10.9 Å². The summed E-state index contributed by atoms with van der Waals surface area (Å²) < 4.78 is 5.47. The van der Waals surface area contributed by atoms with Crippen molar-refractivity contribution >= 4 is 23.6 Å². The van der Waals surface area contributed by atoms with Gasteiger partial charge < -0.3 is 9.84 Å². The third kappa shape index (κ3) is 9.56. The number of hydrazine groups is 1. The van der Waals surface area contributed by atoms with Gasteiger partial charge in [0.15, 0.2) is 0 Å². The largest absolute Gasteiger partial charge is 0.508 e. The predicted molar refractivity (Wildman–Crippen MR) is 108 cm³/mol. The molecule has 150 valence electrons. The monoisotopic (exact) mass is 394 g/mol. The van der Waals surface area contributed by atoms with Gasteiger partial charge in [0.25, 0.3) is 0 Å². The van der Waals surface area contributed by atoms with Crippen molar-refractivity contribution in [3.05, 3.63) is 24.3 Å². The Morgan fingerprint density at radius 3 is 2.30 bits per heavy atom. The van der Waals surface area contributed by atoms with Crippen LogP contribution in [0.2, 0.25) is 0 Å². The molecule has 3 N–H and O–H groups in total. The van der Waals surface area contributed by atoms with Crippen molar-refractivity contribution in [3.63, 3.8) is 0 Å². The molecule has 1 aromatic rings. The number of rotatable bonds is 10. The van der Waals surface area contributed by atoms with Crippen LogP contribution in [0.1, 0.15) is 57.8 Å². The second-order valence-corrected chi connectivity index (χ2v) is 8.18. The number of carbonyl (C=O) groups is 2. The van der Waals surface area contributed by atoms with Gasteiger partial charge in [0, 0.05) is 18.1 Å². The number of phenolic OH excluding ortho intramolecular Hbond substituents is 1. The van der Waals surface area contributed by atoms with Crippen molar-refractivity contribution in [2.45, 2.75) is 63.0 Å². The number of thioether (sulfide) groups is 1. The summed E-state index contributed by atoms with van der Waals surface area (Å²) in [5.74, 6) is 1.46. The van der Waals surface area contributed by atoms with E-state index < -0.39 is 0 Å². The van der Waals surface area contributed by atoms with Gasteiger partial charge in [-0.15, -0.1) is 0 Å². The van der Waals surface area contributed by atoms with Gasteiger partial charge in [-0.3, -0.25) is 20.4 Å². The van der Waals surface area contributed by atoms with Crippen LogP contribution in [-0.4, -0.2) is 34.5 Å². The smallest absolute Gasteiger partial charge is 0.238 e. The van der Waals surface area contributed by atoms with Crippen LogP contribution in [0.15, 0.2) is 24.3 Å². The molecule has 27 heavy (non-hydrogen) atoms. The fourth-order valence-electron chi connectivity index (χ4n) is 2.94. The molecule has 1 aromatic carbocycles. The van der Waals surface area contributed by atoms with E-state index in [1.165, 1.54) is 32.1 Å². The van der Waals surface area contributed by atoms with Gasteiger partial charge in [0.1, 0.15) is 11.5 Å². The third-order valence-electron chi connectivity index (χ3n) is 4.45. The van der Waals surface area contributed by atoms with Crippen LogP contribution < -0.4 is 15.6 Å². The third-order valence-corrected chi connectivity index (χ3v) is 5.92. The zero-order valence-electron chi connectivity index (χ0n) is 15.7. The van der Waals surface area contributed by atoms with Crippen molar-refractivity contribution in [1.82, 2.24) is 10.9 Å². The van der Waals surface area contributed by atoms with Gasteiger partial charge in [-0.25, -0.2) is 0 Å². The van der Waals surface area contributed by atoms with Gasteiger partial charge >= 0.3 is 0 Å². The van der Waals surface area contributed by atoms with Crippen molar-refractivity contribution in [1.29, 1.82) is 0 Å². The van der Waals surface area contributed by atoms with Gasteiger partial charge in [-0.05, 0) is 55.7 Å². The number of phenols is 1. The highest BCUT2D eigenvalue weighted by Crippen LogP contribution is 2.28. The lowest BCUT2D eigenvalue weighted by molar-refractivity contribution is -0.129. The predicted octanol–water partition coefficient (Wildman–Crippen LogP) is 3.54. The molecule has 0 aliphatic heterocycles. The van der Waals surface area contributed by atoms with E-state index in [-0.39, 0.29) is 24.0 Å².